The van der Waals surface area contributed by atoms with E-state index in [4.69, 9.17) is 21.1 Å². The lowest BCUT2D eigenvalue weighted by Crippen LogP contribution is -2.44. The number of carbonyl (C=O) groups is 2. The molecule has 2 amide bonds. The first kappa shape index (κ1) is 27.5. The minimum absolute atomic E-state index is 0.176. The number of hydrogen-bond donors (Lipinski definition) is 2. The summed E-state index contributed by atoms with van der Waals surface area (Å²) in [7, 11) is 3.01. The normalized spacial score (nSPS) is 10.8. The maximum absolute atomic E-state index is 13.4. The third-order valence-electron chi connectivity index (χ3n) is 6.11. The van der Waals surface area contributed by atoms with Gasteiger partial charge in [0.15, 0.2) is 0 Å². The van der Waals surface area contributed by atoms with Gasteiger partial charge in [-0.05, 0) is 54.4 Å². The molecule has 0 radical (unpaired) electrons. The Morgan fingerprint density at radius 1 is 0.897 bits per heavy atom. The van der Waals surface area contributed by atoms with Gasteiger partial charge in [0, 0.05) is 11.6 Å². The molecule has 0 aliphatic heterocycles. The van der Waals surface area contributed by atoms with Gasteiger partial charge >= 0.3 is 5.69 Å². The SMILES string of the molecule is COc1cccc(CNC(=O)Cn2c(=O)c3ccccc3n(CC(=O)Nc3cc(Cl)c(C)cc3OC)c2=O)c1. The second-order valence-electron chi connectivity index (χ2n) is 8.76. The van der Waals surface area contributed by atoms with Gasteiger partial charge in [0.05, 0.1) is 30.8 Å². The number of benzene rings is 3. The van der Waals surface area contributed by atoms with Crippen LogP contribution in [0.5, 0.6) is 11.5 Å². The van der Waals surface area contributed by atoms with Crippen LogP contribution < -0.4 is 31.4 Å². The second kappa shape index (κ2) is 11.9. The lowest BCUT2D eigenvalue weighted by atomic mass is 10.2. The highest BCUT2D eigenvalue weighted by atomic mass is 35.5. The van der Waals surface area contributed by atoms with E-state index in [1.54, 1.807) is 68.6 Å². The molecular formula is C28H27ClN4O6. The molecule has 0 saturated carbocycles. The Morgan fingerprint density at radius 3 is 2.38 bits per heavy atom. The van der Waals surface area contributed by atoms with Crippen LogP contribution in [0.25, 0.3) is 10.9 Å². The van der Waals surface area contributed by atoms with Crippen molar-refractivity contribution in [2.45, 2.75) is 26.6 Å². The number of para-hydroxylation sites is 1. The van der Waals surface area contributed by atoms with Gasteiger partial charge in [0.1, 0.15) is 24.6 Å². The number of rotatable bonds is 9. The molecule has 0 saturated heterocycles. The van der Waals surface area contributed by atoms with E-state index in [1.165, 1.54) is 7.11 Å². The smallest absolute Gasteiger partial charge is 0.332 e. The van der Waals surface area contributed by atoms with Crippen LogP contribution in [-0.4, -0.2) is 35.2 Å². The van der Waals surface area contributed by atoms with Crippen molar-refractivity contribution in [2.75, 3.05) is 19.5 Å². The number of nitrogens with one attached hydrogen (secondary N) is 2. The summed E-state index contributed by atoms with van der Waals surface area (Å²) in [5.41, 5.74) is 0.736. The quantitative estimate of drug-likeness (QED) is 0.330. The van der Waals surface area contributed by atoms with E-state index in [2.05, 4.69) is 10.6 Å². The van der Waals surface area contributed by atoms with Crippen molar-refractivity contribution >= 4 is 40.0 Å². The highest BCUT2D eigenvalue weighted by molar-refractivity contribution is 6.31. The van der Waals surface area contributed by atoms with Crippen LogP contribution in [0, 0.1) is 6.92 Å². The van der Waals surface area contributed by atoms with E-state index in [0.29, 0.717) is 22.2 Å². The number of methoxy groups -OCH3 is 2. The first-order valence-corrected chi connectivity index (χ1v) is 12.4. The van der Waals surface area contributed by atoms with Crippen LogP contribution in [0.15, 0.2) is 70.3 Å². The Morgan fingerprint density at radius 2 is 1.64 bits per heavy atom. The maximum atomic E-state index is 13.4. The third-order valence-corrected chi connectivity index (χ3v) is 6.52. The van der Waals surface area contributed by atoms with Crippen molar-refractivity contribution < 1.29 is 19.1 Å². The zero-order valence-electron chi connectivity index (χ0n) is 21.6. The molecule has 0 bridgehead atoms. The van der Waals surface area contributed by atoms with Crippen molar-refractivity contribution in [3.05, 3.63) is 97.7 Å². The van der Waals surface area contributed by atoms with Gasteiger partial charge < -0.3 is 20.1 Å². The first-order chi connectivity index (χ1) is 18.7. The number of nitrogens with zero attached hydrogens (tertiary/aromatic N) is 2. The summed E-state index contributed by atoms with van der Waals surface area (Å²) in [6, 6.07) is 16.8. The van der Waals surface area contributed by atoms with E-state index in [9.17, 15) is 19.2 Å². The summed E-state index contributed by atoms with van der Waals surface area (Å²) in [5.74, 6) is -0.0465. The molecule has 0 unspecified atom stereocenters. The minimum Gasteiger partial charge on any atom is -0.497 e. The Balaban J connectivity index is 1.61. The fraction of sp³-hybridized carbons (Fsp3) is 0.214. The van der Waals surface area contributed by atoms with Crippen LogP contribution in [0.2, 0.25) is 5.02 Å². The topological polar surface area (TPSA) is 121 Å². The van der Waals surface area contributed by atoms with Gasteiger partial charge in [0.25, 0.3) is 5.56 Å². The van der Waals surface area contributed by atoms with E-state index in [-0.39, 0.29) is 17.4 Å². The molecule has 0 atom stereocenters. The minimum atomic E-state index is -0.792. The standard InChI is InChI=1S/C28H27ClN4O6/c1-17-11-24(39-3)22(13-21(17)29)31-26(35)16-32-23-10-5-4-9-20(23)27(36)33(28(32)37)15-25(34)30-14-18-7-6-8-19(12-18)38-2/h4-13H,14-16H2,1-3H3,(H,30,34)(H,31,35). The second-order valence-corrected chi connectivity index (χ2v) is 9.16. The van der Waals surface area contributed by atoms with Crippen molar-refractivity contribution in [1.29, 1.82) is 0 Å². The summed E-state index contributed by atoms with van der Waals surface area (Å²) in [4.78, 5) is 52.3. The van der Waals surface area contributed by atoms with Crippen molar-refractivity contribution in [2.24, 2.45) is 0 Å². The molecular weight excluding hydrogens is 524 g/mol. The van der Waals surface area contributed by atoms with Crippen LogP contribution in [0.4, 0.5) is 5.69 Å². The van der Waals surface area contributed by atoms with Crippen molar-refractivity contribution in [3.8, 4) is 11.5 Å². The van der Waals surface area contributed by atoms with Crippen molar-refractivity contribution in [3.63, 3.8) is 0 Å². The molecule has 1 heterocycles. The maximum Gasteiger partial charge on any atom is 0.332 e. The third kappa shape index (κ3) is 6.12. The number of carbonyl (C=O) groups excluding carboxylic acids is 2. The van der Waals surface area contributed by atoms with Gasteiger partial charge in [-0.1, -0.05) is 35.9 Å². The van der Waals surface area contributed by atoms with Gasteiger partial charge in [-0.15, -0.1) is 0 Å². The molecule has 4 rings (SSSR count). The molecule has 0 spiro atoms. The zero-order valence-corrected chi connectivity index (χ0v) is 22.4. The monoisotopic (exact) mass is 550 g/mol. The lowest BCUT2D eigenvalue weighted by molar-refractivity contribution is -0.122. The highest BCUT2D eigenvalue weighted by Crippen LogP contribution is 2.30. The number of fused-ring (bicyclic) bond motifs is 1. The van der Waals surface area contributed by atoms with E-state index >= 15 is 0 Å². The van der Waals surface area contributed by atoms with Gasteiger partial charge in [-0.3, -0.25) is 23.5 Å². The predicted molar refractivity (Wildman–Crippen MR) is 149 cm³/mol. The average Bonchev–Trinajstić information content (AvgIpc) is 2.94. The summed E-state index contributed by atoms with van der Waals surface area (Å²) in [5, 5.41) is 6.04. The summed E-state index contributed by atoms with van der Waals surface area (Å²) >= 11 is 6.21. The molecule has 0 fully saturated rings. The van der Waals surface area contributed by atoms with Crippen LogP contribution in [-0.2, 0) is 29.2 Å². The molecule has 4 aromatic rings. The molecule has 0 aliphatic rings. The first-order valence-electron chi connectivity index (χ1n) is 12.0. The summed E-state index contributed by atoms with van der Waals surface area (Å²) in [6.07, 6.45) is 0. The Kier molecular flexibility index (Phi) is 8.36. The highest BCUT2D eigenvalue weighted by Gasteiger charge is 2.18. The molecule has 3 aromatic carbocycles. The average molecular weight is 551 g/mol. The van der Waals surface area contributed by atoms with Gasteiger partial charge in [-0.25, -0.2) is 4.79 Å². The Bertz CT molecular complexity index is 1680. The Hall–Kier alpha value is -4.57. The number of amides is 2. The number of aryl methyl sites for hydroxylation is 1. The number of hydrogen-bond acceptors (Lipinski definition) is 6. The molecule has 39 heavy (non-hydrogen) atoms. The number of anilines is 1. The number of ether oxygens (including phenoxy) is 2. The van der Waals surface area contributed by atoms with E-state index in [0.717, 1.165) is 20.3 Å². The molecule has 2 N–H and O–H groups in total. The zero-order chi connectivity index (χ0) is 28.1. The number of aromatic nitrogens is 2. The molecule has 0 aliphatic carbocycles. The van der Waals surface area contributed by atoms with Crippen molar-refractivity contribution in [1.82, 2.24) is 14.5 Å². The van der Waals surface area contributed by atoms with Crippen LogP contribution in [0.3, 0.4) is 0 Å². The lowest BCUT2D eigenvalue weighted by Gasteiger charge is -2.15. The molecule has 202 valence electrons. The van der Waals surface area contributed by atoms with E-state index in [1.807, 2.05) is 6.07 Å². The fourth-order valence-corrected chi connectivity index (χ4v) is 4.26. The van der Waals surface area contributed by atoms with Gasteiger partial charge in [0.2, 0.25) is 11.8 Å². The largest absolute Gasteiger partial charge is 0.497 e. The molecule has 1 aromatic heterocycles. The fourth-order valence-electron chi connectivity index (χ4n) is 4.10. The summed E-state index contributed by atoms with van der Waals surface area (Å²) in [6.45, 7) is 1.04. The predicted octanol–water partition coefficient (Wildman–Crippen LogP) is 3.10. The summed E-state index contributed by atoms with van der Waals surface area (Å²) < 4.78 is 12.5. The number of halogens is 1. The van der Waals surface area contributed by atoms with Gasteiger partial charge in [-0.2, -0.15) is 0 Å². The van der Waals surface area contributed by atoms with Crippen LogP contribution >= 0.6 is 11.6 Å². The van der Waals surface area contributed by atoms with Crippen LogP contribution in [0.1, 0.15) is 11.1 Å². The van der Waals surface area contributed by atoms with E-state index < -0.39 is 36.2 Å². The molecule has 10 nitrogen and oxygen atoms in total. The molecule has 11 heteroatoms. The Labute approximate surface area is 228 Å².